The van der Waals surface area contributed by atoms with Crippen LogP contribution in [0.1, 0.15) is 79.8 Å². The van der Waals surface area contributed by atoms with Gasteiger partial charge in [0.1, 0.15) is 23.4 Å². The fraction of sp³-hybridized carbons (Fsp3) is 0.640. The van der Waals surface area contributed by atoms with Crippen LogP contribution in [0, 0.1) is 5.92 Å². The molecule has 1 rings (SSSR count). The van der Waals surface area contributed by atoms with Crippen LogP contribution in [-0.2, 0) is 14.3 Å². The Morgan fingerprint density at radius 3 is 2.06 bits per heavy atom. The Morgan fingerprint density at radius 2 is 1.61 bits per heavy atom. The van der Waals surface area contributed by atoms with Gasteiger partial charge in [0.15, 0.2) is 0 Å². The summed E-state index contributed by atoms with van der Waals surface area (Å²) in [5, 5.41) is 15.4. The number of hydrogen-bond donors (Lipinski definition) is 3. The molecule has 3 amide bonds. The third kappa shape index (κ3) is 8.94. The lowest BCUT2D eigenvalue weighted by atomic mass is 9.98. The molecule has 33 heavy (non-hydrogen) atoms. The van der Waals surface area contributed by atoms with Gasteiger partial charge in [-0.15, -0.1) is 0 Å². The first-order chi connectivity index (χ1) is 15.3. The second-order valence-corrected chi connectivity index (χ2v) is 9.68. The highest BCUT2D eigenvalue weighted by Crippen LogP contribution is 2.25. The van der Waals surface area contributed by atoms with E-state index in [1.807, 2.05) is 27.7 Å². The van der Waals surface area contributed by atoms with Crippen molar-refractivity contribution in [3.05, 3.63) is 29.8 Å². The summed E-state index contributed by atoms with van der Waals surface area (Å²) >= 11 is 0. The molecule has 0 heterocycles. The van der Waals surface area contributed by atoms with Gasteiger partial charge >= 0.3 is 6.09 Å². The lowest BCUT2D eigenvalue weighted by Gasteiger charge is -2.35. The molecule has 8 nitrogen and oxygen atoms in total. The average Bonchev–Trinajstić information content (AvgIpc) is 2.69. The van der Waals surface area contributed by atoms with E-state index >= 15 is 0 Å². The SMILES string of the molecule is CCCC(C)NC(=O)C(c1ccc(O)cc1)N(CC)C(=O)C(NC(=O)OC(C)(C)C)C(C)C. The van der Waals surface area contributed by atoms with Crippen LogP contribution in [0.5, 0.6) is 5.75 Å². The summed E-state index contributed by atoms with van der Waals surface area (Å²) in [5.41, 5.74) is -0.132. The molecule has 3 unspecified atom stereocenters. The van der Waals surface area contributed by atoms with E-state index in [1.54, 1.807) is 39.8 Å². The van der Waals surface area contributed by atoms with Gasteiger partial charge in [0.25, 0.3) is 0 Å². The molecule has 3 N–H and O–H groups in total. The molecule has 0 aliphatic carbocycles. The Labute approximate surface area is 198 Å². The third-order valence-corrected chi connectivity index (χ3v) is 5.11. The van der Waals surface area contributed by atoms with Crippen LogP contribution in [0.25, 0.3) is 0 Å². The number of amides is 3. The van der Waals surface area contributed by atoms with Crippen molar-refractivity contribution in [2.24, 2.45) is 5.92 Å². The zero-order chi connectivity index (χ0) is 25.3. The lowest BCUT2D eigenvalue weighted by molar-refractivity contribution is -0.143. The van der Waals surface area contributed by atoms with Crippen LogP contribution >= 0.6 is 0 Å². The minimum absolute atomic E-state index is 0.0586. The Bertz CT molecular complexity index is 786. The van der Waals surface area contributed by atoms with Gasteiger partial charge in [0, 0.05) is 12.6 Å². The van der Waals surface area contributed by atoms with E-state index in [0.717, 1.165) is 12.8 Å². The van der Waals surface area contributed by atoms with Crippen molar-refractivity contribution < 1.29 is 24.2 Å². The van der Waals surface area contributed by atoms with Gasteiger partial charge in [0.2, 0.25) is 11.8 Å². The summed E-state index contributed by atoms with van der Waals surface area (Å²) < 4.78 is 5.34. The molecule has 0 saturated carbocycles. The highest BCUT2D eigenvalue weighted by molar-refractivity contribution is 5.92. The number of rotatable bonds is 10. The summed E-state index contributed by atoms with van der Waals surface area (Å²) in [6.07, 6.45) is 1.03. The van der Waals surface area contributed by atoms with Crippen molar-refractivity contribution in [1.82, 2.24) is 15.5 Å². The maximum atomic E-state index is 13.6. The normalized spacial score (nSPS) is 14.2. The predicted molar refractivity (Wildman–Crippen MR) is 129 cm³/mol. The van der Waals surface area contributed by atoms with E-state index in [1.165, 1.54) is 17.0 Å². The molecule has 8 heteroatoms. The number of benzene rings is 1. The zero-order valence-corrected chi connectivity index (χ0v) is 21.3. The largest absolute Gasteiger partial charge is 0.508 e. The molecular formula is C25H41N3O5. The highest BCUT2D eigenvalue weighted by Gasteiger charge is 2.37. The van der Waals surface area contributed by atoms with Crippen molar-refractivity contribution in [2.75, 3.05) is 6.54 Å². The van der Waals surface area contributed by atoms with Crippen LogP contribution in [-0.4, -0.2) is 52.1 Å². The molecule has 0 aliphatic heterocycles. The number of nitrogens with zero attached hydrogens (tertiary/aromatic N) is 1. The minimum atomic E-state index is -0.913. The number of carbonyl (C=O) groups is 3. The second-order valence-electron chi connectivity index (χ2n) is 9.68. The molecule has 0 aromatic heterocycles. The molecule has 0 aliphatic rings. The zero-order valence-electron chi connectivity index (χ0n) is 21.3. The Hall–Kier alpha value is -2.77. The monoisotopic (exact) mass is 463 g/mol. The number of phenolic OH excluding ortho intramolecular Hbond substituents is 1. The second kappa shape index (κ2) is 12.5. The first kappa shape index (κ1) is 28.3. The number of ether oxygens (including phenoxy) is 1. The fourth-order valence-corrected chi connectivity index (χ4v) is 3.55. The van der Waals surface area contributed by atoms with Gasteiger partial charge in [-0.2, -0.15) is 0 Å². The molecule has 3 atom stereocenters. The Balaban J connectivity index is 3.30. The third-order valence-electron chi connectivity index (χ3n) is 5.11. The predicted octanol–water partition coefficient (Wildman–Crippen LogP) is 4.14. The van der Waals surface area contributed by atoms with Crippen LogP contribution in [0.2, 0.25) is 0 Å². The number of aromatic hydroxyl groups is 1. The molecule has 0 bridgehead atoms. The highest BCUT2D eigenvalue weighted by atomic mass is 16.6. The van der Waals surface area contributed by atoms with Gasteiger partial charge in [-0.3, -0.25) is 9.59 Å². The number of carbonyl (C=O) groups excluding carboxylic acids is 3. The molecule has 1 aromatic carbocycles. The quantitative estimate of drug-likeness (QED) is 0.483. The molecular weight excluding hydrogens is 422 g/mol. The number of alkyl carbamates (subject to hydrolysis) is 1. The van der Waals surface area contributed by atoms with Crippen LogP contribution in [0.4, 0.5) is 4.79 Å². The summed E-state index contributed by atoms with van der Waals surface area (Å²) in [5.74, 6) is -0.855. The van der Waals surface area contributed by atoms with Gasteiger partial charge in [-0.25, -0.2) is 4.79 Å². The smallest absolute Gasteiger partial charge is 0.408 e. The number of phenols is 1. The lowest BCUT2D eigenvalue weighted by Crippen LogP contribution is -2.55. The first-order valence-corrected chi connectivity index (χ1v) is 11.7. The number of hydrogen-bond acceptors (Lipinski definition) is 5. The van der Waals surface area contributed by atoms with E-state index in [2.05, 4.69) is 10.6 Å². The topological polar surface area (TPSA) is 108 Å². The van der Waals surface area contributed by atoms with Gasteiger partial charge in [-0.05, 0) is 64.7 Å². The van der Waals surface area contributed by atoms with Crippen LogP contribution in [0.15, 0.2) is 24.3 Å². The molecule has 1 aromatic rings. The molecule has 0 fully saturated rings. The molecule has 0 radical (unpaired) electrons. The van der Waals surface area contributed by atoms with Gasteiger partial charge in [0.05, 0.1) is 0 Å². The van der Waals surface area contributed by atoms with Crippen molar-refractivity contribution in [1.29, 1.82) is 0 Å². The summed E-state index contributed by atoms with van der Waals surface area (Å²) in [4.78, 5) is 40.8. The molecule has 0 saturated heterocycles. The molecule has 0 spiro atoms. The van der Waals surface area contributed by atoms with Crippen molar-refractivity contribution in [2.45, 2.75) is 92.0 Å². The van der Waals surface area contributed by atoms with E-state index in [-0.39, 0.29) is 36.1 Å². The van der Waals surface area contributed by atoms with Crippen molar-refractivity contribution >= 4 is 17.9 Å². The molecule has 186 valence electrons. The van der Waals surface area contributed by atoms with E-state index < -0.39 is 23.8 Å². The van der Waals surface area contributed by atoms with E-state index in [0.29, 0.717) is 5.56 Å². The van der Waals surface area contributed by atoms with Crippen LogP contribution in [0.3, 0.4) is 0 Å². The Morgan fingerprint density at radius 1 is 1.03 bits per heavy atom. The summed E-state index contributed by atoms with van der Waals surface area (Å²) in [6, 6.07) is 4.39. The first-order valence-electron chi connectivity index (χ1n) is 11.7. The van der Waals surface area contributed by atoms with Crippen molar-refractivity contribution in [3.8, 4) is 5.75 Å². The van der Waals surface area contributed by atoms with Gasteiger partial charge < -0.3 is 25.4 Å². The summed E-state index contributed by atoms with van der Waals surface area (Å²) in [6.45, 7) is 14.9. The van der Waals surface area contributed by atoms with Crippen molar-refractivity contribution in [3.63, 3.8) is 0 Å². The average molecular weight is 464 g/mol. The van der Waals surface area contributed by atoms with Crippen LogP contribution < -0.4 is 10.6 Å². The fourth-order valence-electron chi connectivity index (χ4n) is 3.55. The van der Waals surface area contributed by atoms with Gasteiger partial charge in [-0.1, -0.05) is 39.3 Å². The minimum Gasteiger partial charge on any atom is -0.508 e. The maximum Gasteiger partial charge on any atom is 0.408 e. The van der Waals surface area contributed by atoms with E-state index in [4.69, 9.17) is 4.74 Å². The van der Waals surface area contributed by atoms with E-state index in [9.17, 15) is 19.5 Å². The number of nitrogens with one attached hydrogen (secondary N) is 2. The summed E-state index contributed by atoms with van der Waals surface area (Å²) in [7, 11) is 0. The standard InChI is InChI=1S/C25H41N3O5/c1-9-11-17(5)26-22(30)21(18-12-14-19(29)15-13-18)28(10-2)23(31)20(16(3)4)27-24(32)33-25(6,7)8/h12-17,20-21,29H,9-11H2,1-8H3,(H,26,30)(H,27,32). The Kier molecular flexibility index (Phi) is 10.7. The maximum absolute atomic E-state index is 13.6. The number of likely N-dealkylation sites (N-methyl/N-ethyl adjacent to an activating group) is 1.